The van der Waals surface area contributed by atoms with E-state index in [0.29, 0.717) is 21.9 Å². The average molecular weight is 377 g/mol. The number of esters is 1. The number of ether oxygens (including phenoxy) is 3. The lowest BCUT2D eigenvalue weighted by molar-refractivity contribution is -0.136. The Morgan fingerprint density at radius 2 is 2.04 bits per heavy atom. The Hall–Kier alpha value is -2.54. The Balaban J connectivity index is 1.61. The molecule has 1 unspecified atom stereocenters. The van der Waals surface area contributed by atoms with Crippen molar-refractivity contribution in [2.75, 3.05) is 6.61 Å². The second-order valence-corrected chi connectivity index (χ2v) is 6.77. The number of carbonyl (C=O) groups excluding carboxylic acids is 2. The van der Waals surface area contributed by atoms with Crippen LogP contribution in [-0.4, -0.2) is 30.7 Å². The van der Waals surface area contributed by atoms with E-state index in [0.717, 1.165) is 25.7 Å². The van der Waals surface area contributed by atoms with Crippen molar-refractivity contribution < 1.29 is 23.8 Å². The first-order valence-corrected chi connectivity index (χ1v) is 8.88. The van der Waals surface area contributed by atoms with Crippen LogP contribution in [0.25, 0.3) is 0 Å². The van der Waals surface area contributed by atoms with Gasteiger partial charge in [-0.15, -0.1) is 5.10 Å². The number of benzene rings is 1. The summed E-state index contributed by atoms with van der Waals surface area (Å²) in [7, 11) is 0. The van der Waals surface area contributed by atoms with Crippen LogP contribution in [0, 0.1) is 0 Å². The minimum absolute atomic E-state index is 0.0127. The summed E-state index contributed by atoms with van der Waals surface area (Å²) in [4.78, 5) is 24.4. The SMILES string of the molecule is O=C(OC1=NNC2=C(C(=O)OC2)C1c1ccccc1Cl)OC1CCCC1. The highest BCUT2D eigenvalue weighted by molar-refractivity contribution is 6.32. The lowest BCUT2D eigenvalue weighted by atomic mass is 9.89. The lowest BCUT2D eigenvalue weighted by Crippen LogP contribution is -2.32. The molecule has 0 radical (unpaired) electrons. The highest BCUT2D eigenvalue weighted by atomic mass is 35.5. The maximum Gasteiger partial charge on any atom is 0.515 e. The fourth-order valence-electron chi connectivity index (χ4n) is 3.44. The summed E-state index contributed by atoms with van der Waals surface area (Å²) < 4.78 is 15.8. The molecule has 8 heteroatoms. The minimum atomic E-state index is -0.829. The van der Waals surface area contributed by atoms with Gasteiger partial charge in [-0.2, -0.15) is 0 Å². The first-order valence-electron chi connectivity index (χ1n) is 8.50. The zero-order valence-electron chi connectivity index (χ0n) is 13.9. The summed E-state index contributed by atoms with van der Waals surface area (Å²) in [5.74, 6) is -1.21. The topological polar surface area (TPSA) is 86.2 Å². The average Bonchev–Trinajstić information content (AvgIpc) is 3.26. The molecule has 1 aliphatic carbocycles. The van der Waals surface area contributed by atoms with Gasteiger partial charge in [-0.05, 0) is 37.3 Å². The molecule has 1 saturated carbocycles. The molecule has 4 rings (SSSR count). The zero-order valence-corrected chi connectivity index (χ0v) is 14.6. The fraction of sp³-hybridized carbons (Fsp3) is 0.389. The first-order chi connectivity index (χ1) is 12.6. The van der Waals surface area contributed by atoms with Gasteiger partial charge in [0.25, 0.3) is 0 Å². The normalized spacial score (nSPS) is 22.4. The molecule has 0 spiro atoms. The van der Waals surface area contributed by atoms with Crippen molar-refractivity contribution in [3.05, 3.63) is 46.1 Å². The van der Waals surface area contributed by atoms with Crippen LogP contribution in [0.4, 0.5) is 4.79 Å². The van der Waals surface area contributed by atoms with Gasteiger partial charge in [0, 0.05) is 5.02 Å². The van der Waals surface area contributed by atoms with Crippen LogP contribution in [0.3, 0.4) is 0 Å². The van der Waals surface area contributed by atoms with E-state index in [-0.39, 0.29) is 18.6 Å². The van der Waals surface area contributed by atoms with Gasteiger partial charge in [0.05, 0.1) is 17.2 Å². The summed E-state index contributed by atoms with van der Waals surface area (Å²) in [5.41, 5.74) is 4.21. The molecule has 2 aliphatic heterocycles. The van der Waals surface area contributed by atoms with E-state index in [2.05, 4.69) is 10.5 Å². The lowest BCUT2D eigenvalue weighted by Gasteiger charge is -2.24. The number of hydrazone groups is 1. The van der Waals surface area contributed by atoms with Crippen molar-refractivity contribution in [1.82, 2.24) is 5.43 Å². The largest absolute Gasteiger partial charge is 0.515 e. The number of nitrogens with zero attached hydrogens (tertiary/aromatic N) is 1. The Kier molecular flexibility index (Phi) is 4.55. The van der Waals surface area contributed by atoms with Crippen molar-refractivity contribution in [2.45, 2.75) is 37.7 Å². The van der Waals surface area contributed by atoms with Gasteiger partial charge in [0.15, 0.2) is 0 Å². The predicted molar refractivity (Wildman–Crippen MR) is 92.6 cm³/mol. The predicted octanol–water partition coefficient (Wildman–Crippen LogP) is 3.25. The van der Waals surface area contributed by atoms with Crippen LogP contribution in [0.5, 0.6) is 0 Å². The third-order valence-corrected chi connectivity index (χ3v) is 5.04. The second-order valence-electron chi connectivity index (χ2n) is 6.36. The minimum Gasteiger partial charge on any atom is -0.456 e. The van der Waals surface area contributed by atoms with Gasteiger partial charge in [-0.3, -0.25) is 5.43 Å². The highest BCUT2D eigenvalue weighted by Crippen LogP contribution is 2.38. The molecule has 1 fully saturated rings. The van der Waals surface area contributed by atoms with Crippen molar-refractivity contribution in [1.29, 1.82) is 0 Å². The quantitative estimate of drug-likeness (QED) is 0.797. The number of halogens is 1. The Morgan fingerprint density at radius 1 is 1.27 bits per heavy atom. The van der Waals surface area contributed by atoms with Crippen molar-refractivity contribution in [3.8, 4) is 0 Å². The third kappa shape index (κ3) is 3.14. The molecule has 136 valence electrons. The molecule has 3 aliphatic rings. The molecule has 2 heterocycles. The maximum absolute atomic E-state index is 12.2. The Bertz CT molecular complexity index is 814. The van der Waals surface area contributed by atoms with Gasteiger partial charge < -0.3 is 14.2 Å². The maximum atomic E-state index is 12.2. The Labute approximate surface area is 154 Å². The molecule has 1 aromatic carbocycles. The summed E-state index contributed by atoms with van der Waals surface area (Å²) in [6, 6.07) is 7.03. The number of hydrogen-bond acceptors (Lipinski definition) is 7. The van der Waals surface area contributed by atoms with Crippen LogP contribution in [0.15, 0.2) is 40.6 Å². The third-order valence-electron chi connectivity index (χ3n) is 4.70. The first kappa shape index (κ1) is 16.9. The van der Waals surface area contributed by atoms with E-state index in [9.17, 15) is 9.59 Å². The number of cyclic esters (lactones) is 1. The molecule has 0 amide bonds. The molecule has 0 aromatic heterocycles. The monoisotopic (exact) mass is 376 g/mol. The van der Waals surface area contributed by atoms with E-state index in [4.69, 9.17) is 25.8 Å². The van der Waals surface area contributed by atoms with E-state index in [1.165, 1.54) is 0 Å². The highest BCUT2D eigenvalue weighted by Gasteiger charge is 2.41. The summed E-state index contributed by atoms with van der Waals surface area (Å²) >= 11 is 6.31. The summed E-state index contributed by atoms with van der Waals surface area (Å²) in [6.45, 7) is 0.0957. The molecular formula is C18H17ClN2O5. The van der Waals surface area contributed by atoms with Crippen LogP contribution in [-0.2, 0) is 19.0 Å². The standard InChI is InChI=1S/C18H17ClN2O5/c19-12-8-4-3-7-11(12)14-15-13(9-24-17(15)22)20-21-16(14)26-18(23)25-10-5-1-2-6-10/h3-4,7-8,10,14,20H,1-2,5-6,9H2. The number of nitrogens with one attached hydrogen (secondary N) is 1. The number of hydrogen-bond donors (Lipinski definition) is 1. The molecule has 1 aromatic rings. The van der Waals surface area contributed by atoms with Crippen molar-refractivity contribution >= 4 is 29.6 Å². The van der Waals surface area contributed by atoms with Gasteiger partial charge in [-0.25, -0.2) is 9.59 Å². The molecule has 1 atom stereocenters. The second kappa shape index (κ2) is 6.99. The molecular weight excluding hydrogens is 360 g/mol. The van der Waals surface area contributed by atoms with Crippen LogP contribution < -0.4 is 5.43 Å². The molecule has 0 saturated heterocycles. The van der Waals surface area contributed by atoms with Crippen molar-refractivity contribution in [2.24, 2.45) is 5.10 Å². The van der Waals surface area contributed by atoms with E-state index in [1.54, 1.807) is 24.3 Å². The Morgan fingerprint density at radius 3 is 2.81 bits per heavy atom. The van der Waals surface area contributed by atoms with Crippen LogP contribution >= 0.6 is 11.6 Å². The zero-order chi connectivity index (χ0) is 18.1. The summed E-state index contributed by atoms with van der Waals surface area (Å²) in [5, 5.41) is 4.55. The van der Waals surface area contributed by atoms with Gasteiger partial charge in [0.2, 0.25) is 5.90 Å². The molecule has 1 N–H and O–H groups in total. The summed E-state index contributed by atoms with van der Waals surface area (Å²) in [6.07, 6.45) is 2.76. The fourth-order valence-corrected chi connectivity index (χ4v) is 3.69. The number of carbonyl (C=O) groups is 2. The van der Waals surface area contributed by atoms with Crippen LogP contribution in [0.1, 0.15) is 37.2 Å². The van der Waals surface area contributed by atoms with Gasteiger partial charge in [0.1, 0.15) is 12.7 Å². The molecule has 0 bridgehead atoms. The smallest absolute Gasteiger partial charge is 0.456 e. The van der Waals surface area contributed by atoms with Gasteiger partial charge >= 0.3 is 12.1 Å². The van der Waals surface area contributed by atoms with E-state index >= 15 is 0 Å². The van der Waals surface area contributed by atoms with E-state index in [1.807, 2.05) is 0 Å². The van der Waals surface area contributed by atoms with Crippen LogP contribution in [0.2, 0.25) is 5.02 Å². The number of rotatable bonds is 2. The van der Waals surface area contributed by atoms with Crippen molar-refractivity contribution in [3.63, 3.8) is 0 Å². The molecule has 26 heavy (non-hydrogen) atoms. The molecule has 7 nitrogen and oxygen atoms in total. The van der Waals surface area contributed by atoms with E-state index < -0.39 is 18.0 Å². The van der Waals surface area contributed by atoms with Gasteiger partial charge in [-0.1, -0.05) is 29.8 Å².